The van der Waals surface area contributed by atoms with E-state index in [1.54, 1.807) is 12.1 Å². The fourth-order valence-corrected chi connectivity index (χ4v) is 3.78. The van der Waals surface area contributed by atoms with Crippen LogP contribution in [0, 0.1) is 11.7 Å². The molecule has 2 saturated heterocycles. The van der Waals surface area contributed by atoms with Gasteiger partial charge >= 0.3 is 0 Å². The summed E-state index contributed by atoms with van der Waals surface area (Å²) in [6.45, 7) is 4.52. The summed E-state index contributed by atoms with van der Waals surface area (Å²) in [5.74, 6) is 0.548. The van der Waals surface area contributed by atoms with Gasteiger partial charge < -0.3 is 15.1 Å². The number of carbonyl (C=O) groups is 2. The summed E-state index contributed by atoms with van der Waals surface area (Å²) >= 11 is 0. The van der Waals surface area contributed by atoms with Crippen LogP contribution in [-0.2, 0) is 9.59 Å². The SMILES string of the molecule is O=C(CCN1CCC(CN2CCCCC2=O)CC1)Nc1ccc(F)cc1. The quantitative estimate of drug-likeness (QED) is 0.848. The summed E-state index contributed by atoms with van der Waals surface area (Å²) in [4.78, 5) is 28.3. The first-order chi connectivity index (χ1) is 12.6. The molecule has 3 rings (SSSR count). The molecule has 142 valence electrons. The van der Waals surface area contributed by atoms with Crippen LogP contribution in [0.4, 0.5) is 10.1 Å². The van der Waals surface area contributed by atoms with E-state index >= 15 is 0 Å². The molecule has 0 unspecified atom stereocenters. The van der Waals surface area contributed by atoms with Gasteiger partial charge in [-0.05, 0) is 69.0 Å². The van der Waals surface area contributed by atoms with E-state index in [0.717, 1.165) is 58.4 Å². The first kappa shape index (κ1) is 18.8. The molecule has 1 N–H and O–H groups in total. The number of benzene rings is 1. The van der Waals surface area contributed by atoms with Crippen molar-refractivity contribution in [2.24, 2.45) is 5.92 Å². The number of amides is 2. The summed E-state index contributed by atoms with van der Waals surface area (Å²) in [6.07, 6.45) is 5.49. The lowest BCUT2D eigenvalue weighted by molar-refractivity contribution is -0.134. The standard InChI is InChI=1S/C20H28FN3O2/c21-17-4-6-18(7-5-17)22-19(25)10-14-23-12-8-16(9-13-23)15-24-11-2-1-3-20(24)26/h4-7,16H,1-3,8-15H2,(H,22,25). The molecule has 2 heterocycles. The van der Waals surface area contributed by atoms with Crippen LogP contribution in [0.1, 0.15) is 38.5 Å². The summed E-state index contributed by atoms with van der Waals surface area (Å²) in [5, 5.41) is 2.80. The summed E-state index contributed by atoms with van der Waals surface area (Å²) in [5.41, 5.74) is 0.626. The molecule has 0 aromatic heterocycles. The molecule has 0 saturated carbocycles. The highest BCUT2D eigenvalue weighted by Gasteiger charge is 2.25. The Morgan fingerprint density at radius 2 is 1.85 bits per heavy atom. The highest BCUT2D eigenvalue weighted by molar-refractivity contribution is 5.90. The molecule has 0 spiro atoms. The Kier molecular flexibility index (Phi) is 6.61. The molecule has 2 fully saturated rings. The molecule has 6 heteroatoms. The number of hydrogen-bond acceptors (Lipinski definition) is 3. The van der Waals surface area contributed by atoms with Gasteiger partial charge in [0.25, 0.3) is 0 Å². The number of anilines is 1. The van der Waals surface area contributed by atoms with Crippen molar-refractivity contribution in [1.29, 1.82) is 0 Å². The van der Waals surface area contributed by atoms with Gasteiger partial charge in [-0.1, -0.05) is 0 Å². The maximum Gasteiger partial charge on any atom is 0.225 e. The van der Waals surface area contributed by atoms with Crippen molar-refractivity contribution in [3.63, 3.8) is 0 Å². The third kappa shape index (κ3) is 5.53. The van der Waals surface area contributed by atoms with Crippen LogP contribution in [0.5, 0.6) is 0 Å². The molecule has 1 aromatic carbocycles. The van der Waals surface area contributed by atoms with Crippen molar-refractivity contribution in [2.75, 3.05) is 38.0 Å². The molecule has 1 aromatic rings. The monoisotopic (exact) mass is 361 g/mol. The van der Waals surface area contributed by atoms with E-state index in [0.29, 0.717) is 30.4 Å². The highest BCUT2D eigenvalue weighted by Crippen LogP contribution is 2.21. The molecular weight excluding hydrogens is 333 g/mol. The van der Waals surface area contributed by atoms with Crippen LogP contribution in [0.2, 0.25) is 0 Å². The molecular formula is C20H28FN3O2. The van der Waals surface area contributed by atoms with Crippen LogP contribution in [0.25, 0.3) is 0 Å². The second-order valence-corrected chi connectivity index (χ2v) is 7.39. The van der Waals surface area contributed by atoms with Gasteiger partial charge in [0.15, 0.2) is 0 Å². The zero-order valence-electron chi connectivity index (χ0n) is 15.3. The molecule has 0 aliphatic carbocycles. The Hall–Kier alpha value is -1.95. The van der Waals surface area contributed by atoms with E-state index in [2.05, 4.69) is 10.2 Å². The van der Waals surface area contributed by atoms with Crippen LogP contribution in [0.3, 0.4) is 0 Å². The lowest BCUT2D eigenvalue weighted by atomic mass is 9.95. The highest BCUT2D eigenvalue weighted by atomic mass is 19.1. The van der Waals surface area contributed by atoms with Crippen molar-refractivity contribution >= 4 is 17.5 Å². The fraction of sp³-hybridized carbons (Fsp3) is 0.600. The second kappa shape index (κ2) is 9.12. The summed E-state index contributed by atoms with van der Waals surface area (Å²) < 4.78 is 12.9. The number of nitrogens with one attached hydrogen (secondary N) is 1. The Morgan fingerprint density at radius 1 is 1.12 bits per heavy atom. The zero-order valence-corrected chi connectivity index (χ0v) is 15.3. The van der Waals surface area contributed by atoms with Crippen molar-refractivity contribution < 1.29 is 14.0 Å². The number of carbonyl (C=O) groups excluding carboxylic acids is 2. The Bertz CT molecular complexity index is 612. The van der Waals surface area contributed by atoms with Crippen LogP contribution in [-0.4, -0.2) is 54.3 Å². The maximum atomic E-state index is 12.9. The van der Waals surface area contributed by atoms with Crippen LogP contribution >= 0.6 is 0 Å². The minimum Gasteiger partial charge on any atom is -0.342 e. The largest absolute Gasteiger partial charge is 0.342 e. The van der Waals surface area contributed by atoms with Crippen molar-refractivity contribution in [3.8, 4) is 0 Å². The van der Waals surface area contributed by atoms with E-state index < -0.39 is 0 Å². The van der Waals surface area contributed by atoms with Gasteiger partial charge in [0.1, 0.15) is 5.82 Å². The Labute approximate surface area is 154 Å². The van der Waals surface area contributed by atoms with E-state index in [1.807, 2.05) is 4.90 Å². The first-order valence-corrected chi connectivity index (χ1v) is 9.66. The van der Waals surface area contributed by atoms with Gasteiger partial charge in [-0.25, -0.2) is 4.39 Å². The molecule has 2 aliphatic rings. The zero-order chi connectivity index (χ0) is 18.4. The number of hydrogen-bond donors (Lipinski definition) is 1. The molecule has 0 atom stereocenters. The second-order valence-electron chi connectivity index (χ2n) is 7.39. The predicted octanol–water partition coefficient (Wildman–Crippen LogP) is 2.88. The Balaban J connectivity index is 1.34. The molecule has 2 amide bonds. The van der Waals surface area contributed by atoms with Gasteiger partial charge in [0.05, 0.1) is 0 Å². The topological polar surface area (TPSA) is 52.7 Å². The van der Waals surface area contributed by atoms with Crippen molar-refractivity contribution in [3.05, 3.63) is 30.1 Å². The molecule has 0 radical (unpaired) electrons. The molecule has 2 aliphatic heterocycles. The molecule has 5 nitrogen and oxygen atoms in total. The minimum atomic E-state index is -0.308. The fourth-order valence-electron chi connectivity index (χ4n) is 3.78. The van der Waals surface area contributed by atoms with Gasteiger partial charge in [-0.15, -0.1) is 0 Å². The minimum absolute atomic E-state index is 0.0438. The van der Waals surface area contributed by atoms with E-state index in [-0.39, 0.29) is 11.7 Å². The predicted molar refractivity (Wildman–Crippen MR) is 99.2 cm³/mol. The third-order valence-corrected chi connectivity index (χ3v) is 5.39. The van der Waals surface area contributed by atoms with Gasteiger partial charge in [-0.3, -0.25) is 9.59 Å². The number of rotatable bonds is 6. The van der Waals surface area contributed by atoms with Gasteiger partial charge in [0, 0.05) is 38.2 Å². The van der Waals surface area contributed by atoms with E-state index in [4.69, 9.17) is 0 Å². The molecule has 0 bridgehead atoms. The van der Waals surface area contributed by atoms with Crippen LogP contribution in [0.15, 0.2) is 24.3 Å². The average molecular weight is 361 g/mol. The van der Waals surface area contributed by atoms with Gasteiger partial charge in [0.2, 0.25) is 11.8 Å². The molecule has 26 heavy (non-hydrogen) atoms. The average Bonchev–Trinajstić information content (AvgIpc) is 2.65. The maximum absolute atomic E-state index is 12.9. The normalized spacial score (nSPS) is 19.6. The summed E-state index contributed by atoms with van der Waals surface area (Å²) in [6, 6.07) is 5.82. The van der Waals surface area contributed by atoms with E-state index in [9.17, 15) is 14.0 Å². The number of halogens is 1. The van der Waals surface area contributed by atoms with Crippen molar-refractivity contribution in [1.82, 2.24) is 9.80 Å². The summed E-state index contributed by atoms with van der Waals surface area (Å²) in [7, 11) is 0. The van der Waals surface area contributed by atoms with Crippen LogP contribution < -0.4 is 5.32 Å². The number of nitrogens with zero attached hydrogens (tertiary/aromatic N) is 2. The Morgan fingerprint density at radius 3 is 2.54 bits per heavy atom. The third-order valence-electron chi connectivity index (χ3n) is 5.39. The number of likely N-dealkylation sites (tertiary alicyclic amines) is 2. The smallest absolute Gasteiger partial charge is 0.225 e. The van der Waals surface area contributed by atoms with E-state index in [1.165, 1.54) is 12.1 Å². The van der Waals surface area contributed by atoms with Crippen molar-refractivity contribution in [2.45, 2.75) is 38.5 Å². The number of piperidine rings is 2. The first-order valence-electron chi connectivity index (χ1n) is 9.66. The van der Waals surface area contributed by atoms with Gasteiger partial charge in [-0.2, -0.15) is 0 Å². The lowest BCUT2D eigenvalue weighted by Crippen LogP contribution is -2.43. The lowest BCUT2D eigenvalue weighted by Gasteiger charge is -2.36.